The van der Waals surface area contributed by atoms with Crippen molar-refractivity contribution in [2.45, 2.75) is 115 Å². The van der Waals surface area contributed by atoms with E-state index in [4.69, 9.17) is 0 Å². The Morgan fingerprint density at radius 2 is 1.43 bits per heavy atom. The molecule has 5 aromatic carbocycles. The molecule has 6 nitrogen and oxygen atoms in total. The van der Waals surface area contributed by atoms with Gasteiger partial charge in [0.15, 0.2) is 5.71 Å². The molecule has 1 aliphatic carbocycles. The smallest absolute Gasteiger partial charge is 0.218 e. The van der Waals surface area contributed by atoms with E-state index in [1.165, 1.54) is 97.2 Å². The van der Waals surface area contributed by atoms with Crippen LogP contribution in [-0.2, 0) is 10.8 Å². The third kappa shape index (κ3) is 8.82. The van der Waals surface area contributed by atoms with Crippen LogP contribution in [0.5, 0.6) is 0 Å². The Bertz CT molecular complexity index is 2970. The molecular formula is C55H58Br3N6S+. The number of nitrogens with zero attached hydrogens (tertiary/aromatic N) is 6. The van der Waals surface area contributed by atoms with Gasteiger partial charge in [-0.05, 0) is 177 Å². The molecule has 1 aromatic heterocycles. The number of tetrazole rings is 1. The van der Waals surface area contributed by atoms with Crippen LogP contribution < -0.4 is 4.90 Å². The van der Waals surface area contributed by atoms with E-state index in [0.29, 0.717) is 0 Å². The number of rotatable bonds is 14. The van der Waals surface area contributed by atoms with Gasteiger partial charge < -0.3 is 4.90 Å². The minimum absolute atomic E-state index is 0.203. The Kier molecular flexibility index (Phi) is 13.6. The van der Waals surface area contributed by atoms with Gasteiger partial charge in [0.2, 0.25) is 10.8 Å². The summed E-state index contributed by atoms with van der Waals surface area (Å²) in [6.45, 7) is 16.2. The largest absolute Gasteiger partial charge is 0.344 e. The van der Waals surface area contributed by atoms with Crippen molar-refractivity contribution in [3.05, 3.63) is 156 Å². The molecule has 0 saturated heterocycles. The summed E-state index contributed by atoms with van der Waals surface area (Å²) in [5.74, 6) is 0. The van der Waals surface area contributed by atoms with Gasteiger partial charge >= 0.3 is 0 Å². The maximum atomic E-state index is 4.66. The van der Waals surface area contributed by atoms with Crippen molar-refractivity contribution in [2.75, 3.05) is 18.0 Å². The summed E-state index contributed by atoms with van der Waals surface area (Å²) in [4.78, 5) is 3.85. The number of allylic oxidation sites excluding steroid dienone is 7. The van der Waals surface area contributed by atoms with E-state index < -0.39 is 0 Å². The number of hydrogen-bond donors (Lipinski definition) is 0. The quantitative estimate of drug-likeness (QED) is 0.0804. The number of fused-ring (bicyclic) bond motifs is 6. The Morgan fingerprint density at radius 3 is 2.17 bits per heavy atom. The van der Waals surface area contributed by atoms with Gasteiger partial charge in [-0.25, -0.2) is 0 Å². The van der Waals surface area contributed by atoms with Gasteiger partial charge in [-0.15, -0.1) is 5.10 Å². The molecule has 0 amide bonds. The minimum Gasteiger partial charge on any atom is -0.344 e. The van der Waals surface area contributed by atoms with E-state index in [2.05, 4.69) is 205 Å². The fourth-order valence-electron chi connectivity index (χ4n) is 10.5. The SMILES string of the molecule is CCCCCN1/C(=C/C=C2\CCCC(/C=C/C3=[N+](CCCCC)c4ccc5cc(Br)ccc5c4C3(C)C)=C2Sc2nnnn2-c2ccccc2Br)C(C)(C)c2c1ccc1cc(Br)ccc21. The molecule has 0 bridgehead atoms. The number of benzene rings is 5. The molecule has 0 spiro atoms. The highest BCUT2D eigenvalue weighted by Gasteiger charge is 2.46. The number of hydrogen-bond acceptors (Lipinski definition) is 5. The number of anilines is 1. The first-order valence-electron chi connectivity index (χ1n) is 23.3. The lowest BCUT2D eigenvalue weighted by atomic mass is 9.78. The van der Waals surface area contributed by atoms with Crippen LogP contribution in [-0.4, -0.2) is 43.6 Å². The summed E-state index contributed by atoms with van der Waals surface area (Å²) in [5.41, 5.74) is 11.3. The Balaban J connectivity index is 1.18. The predicted molar refractivity (Wildman–Crippen MR) is 284 cm³/mol. The van der Waals surface area contributed by atoms with Gasteiger partial charge in [0.1, 0.15) is 6.54 Å². The zero-order valence-electron chi connectivity index (χ0n) is 38.4. The van der Waals surface area contributed by atoms with Crippen LogP contribution in [0.25, 0.3) is 27.2 Å². The van der Waals surface area contributed by atoms with Gasteiger partial charge in [-0.2, -0.15) is 9.26 Å². The van der Waals surface area contributed by atoms with Gasteiger partial charge in [0, 0.05) is 65.8 Å². The molecule has 0 N–H and O–H groups in total. The first kappa shape index (κ1) is 46.0. The van der Waals surface area contributed by atoms with E-state index >= 15 is 0 Å². The summed E-state index contributed by atoms with van der Waals surface area (Å²) in [5, 5.41) is 19.4. The van der Waals surface area contributed by atoms with Crippen molar-refractivity contribution in [3.63, 3.8) is 0 Å². The Hall–Kier alpha value is -4.09. The van der Waals surface area contributed by atoms with E-state index in [0.717, 1.165) is 69.5 Å². The zero-order valence-corrected chi connectivity index (χ0v) is 44.0. The average Bonchev–Trinajstić information content (AvgIpc) is 3.90. The highest BCUT2D eigenvalue weighted by atomic mass is 79.9. The molecule has 0 fully saturated rings. The fourth-order valence-corrected chi connectivity index (χ4v) is 12.8. The summed E-state index contributed by atoms with van der Waals surface area (Å²) in [6.07, 6.45) is 19.8. The second-order valence-corrected chi connectivity index (χ2v) is 22.4. The highest BCUT2D eigenvalue weighted by molar-refractivity contribution is 9.11. The first-order chi connectivity index (χ1) is 31.4. The van der Waals surface area contributed by atoms with E-state index in [9.17, 15) is 0 Å². The molecule has 0 radical (unpaired) electrons. The third-order valence-electron chi connectivity index (χ3n) is 13.7. The summed E-state index contributed by atoms with van der Waals surface area (Å²) in [7, 11) is 0. The topological polar surface area (TPSA) is 49.9 Å². The van der Waals surface area contributed by atoms with Crippen LogP contribution in [0, 0.1) is 0 Å². The van der Waals surface area contributed by atoms with Gasteiger partial charge in [0.05, 0.1) is 11.1 Å². The van der Waals surface area contributed by atoms with Gasteiger partial charge in [-0.3, -0.25) is 0 Å². The first-order valence-corrected chi connectivity index (χ1v) is 26.5. The maximum absolute atomic E-state index is 4.66. The van der Waals surface area contributed by atoms with Gasteiger partial charge in [-0.1, -0.05) is 121 Å². The average molecular weight is 1070 g/mol. The summed E-state index contributed by atoms with van der Waals surface area (Å²) >= 11 is 12.9. The molecule has 334 valence electrons. The molecule has 9 rings (SSSR count). The van der Waals surface area contributed by atoms with Crippen LogP contribution in [0.1, 0.15) is 110 Å². The third-order valence-corrected chi connectivity index (χ3v) is 16.5. The lowest BCUT2D eigenvalue weighted by Gasteiger charge is -2.27. The molecule has 65 heavy (non-hydrogen) atoms. The zero-order chi connectivity index (χ0) is 45.5. The molecule has 0 saturated carbocycles. The minimum atomic E-state index is -0.203. The van der Waals surface area contributed by atoms with Crippen molar-refractivity contribution >= 4 is 98.2 Å². The molecule has 3 aliphatic rings. The van der Waals surface area contributed by atoms with Gasteiger partial charge in [0.25, 0.3) is 0 Å². The van der Waals surface area contributed by atoms with Crippen molar-refractivity contribution in [1.82, 2.24) is 20.2 Å². The predicted octanol–water partition coefficient (Wildman–Crippen LogP) is 16.4. The highest BCUT2D eigenvalue weighted by Crippen LogP contribution is 2.52. The van der Waals surface area contributed by atoms with Crippen LogP contribution in [0.15, 0.2) is 150 Å². The van der Waals surface area contributed by atoms with E-state index in [1.54, 1.807) is 11.8 Å². The number of para-hydroxylation sites is 1. The van der Waals surface area contributed by atoms with Crippen molar-refractivity contribution in [2.24, 2.45) is 0 Å². The number of unbranched alkanes of at least 4 members (excludes halogenated alkanes) is 4. The van der Waals surface area contributed by atoms with Crippen molar-refractivity contribution in [3.8, 4) is 5.69 Å². The molecule has 3 heterocycles. The normalized spacial score (nSPS) is 18.1. The summed E-state index contributed by atoms with van der Waals surface area (Å²) < 4.78 is 7.64. The second kappa shape index (κ2) is 19.3. The van der Waals surface area contributed by atoms with Crippen molar-refractivity contribution in [1.29, 1.82) is 0 Å². The lowest BCUT2D eigenvalue weighted by molar-refractivity contribution is -0.438. The molecule has 10 heteroatoms. The lowest BCUT2D eigenvalue weighted by Crippen LogP contribution is -2.28. The number of aromatic nitrogens is 4. The fraction of sp³-hybridized carbons (Fsp3) is 0.345. The number of thioether (sulfide) groups is 1. The van der Waals surface area contributed by atoms with E-state index in [-0.39, 0.29) is 10.8 Å². The van der Waals surface area contributed by atoms with Crippen molar-refractivity contribution < 1.29 is 4.58 Å². The number of halogens is 3. The molecule has 0 unspecified atom stereocenters. The van der Waals surface area contributed by atoms with Crippen LogP contribution in [0.3, 0.4) is 0 Å². The molecular weight excluding hydrogens is 1020 g/mol. The standard InChI is InChI=1S/C55H58Br3N6S/c1-7-9-13-32-62-46-28-20-38-34-40(56)24-26-42(38)50(46)54(3,4)48(62)30-22-36-16-15-17-37(52(36)65-53-59-60-61-64(53)45-19-12-11-18-44(45)58)23-31-49-55(5,6)51-43-27-25-41(57)35-39(43)21-29-47(51)63(49)33-14-10-8-2/h11-12,18-31,34-35H,7-10,13-17,32-33H2,1-6H3/q+1. The molecule has 2 aliphatic heterocycles. The Morgan fingerprint density at radius 1 is 0.723 bits per heavy atom. The molecule has 0 atom stereocenters. The van der Waals surface area contributed by atoms with Crippen LogP contribution in [0.2, 0.25) is 0 Å². The molecule has 6 aromatic rings. The van der Waals surface area contributed by atoms with Crippen LogP contribution >= 0.6 is 59.6 Å². The van der Waals surface area contributed by atoms with E-state index in [1.807, 2.05) is 22.9 Å². The second-order valence-electron chi connectivity index (χ2n) is 18.7. The van der Waals surface area contributed by atoms with Crippen LogP contribution in [0.4, 0.5) is 11.4 Å². The summed E-state index contributed by atoms with van der Waals surface area (Å²) in [6, 6.07) is 30.9. The maximum Gasteiger partial charge on any atom is 0.218 e. The monoisotopic (exact) mass is 1070 g/mol. The Labute approximate surface area is 414 Å².